The second-order valence-electron chi connectivity index (χ2n) is 3.86. The van der Waals surface area contributed by atoms with Gasteiger partial charge in [0.2, 0.25) is 0 Å². The first-order valence-electron chi connectivity index (χ1n) is 5.10. The van der Waals surface area contributed by atoms with Crippen molar-refractivity contribution in [3.05, 3.63) is 35.9 Å². The van der Waals surface area contributed by atoms with Crippen LogP contribution in [0.1, 0.15) is 5.56 Å². The Bertz CT molecular complexity index is 547. The molecule has 0 atom stereocenters. The van der Waals surface area contributed by atoms with Gasteiger partial charge in [-0.2, -0.15) is 26.3 Å². The monoisotopic (exact) mass is 297 g/mol. The zero-order valence-corrected chi connectivity index (χ0v) is 9.42. The van der Waals surface area contributed by atoms with Crippen LogP contribution in [0.4, 0.5) is 26.3 Å². The topological polar surface area (TPSA) is 38.7 Å². The molecule has 0 aliphatic carbocycles. The summed E-state index contributed by atoms with van der Waals surface area (Å²) in [5.74, 6) is -1.77. The third kappa shape index (κ3) is 2.02. The molecule has 1 heterocycles. The molecule has 1 aromatic rings. The number of aliphatic imine (C=N–C) groups is 1. The summed E-state index contributed by atoms with van der Waals surface area (Å²) in [5.41, 5.74) is -6.05. The molecule has 9 heteroatoms. The predicted octanol–water partition coefficient (Wildman–Crippen LogP) is 2.85. The Morgan fingerprint density at radius 2 is 1.45 bits per heavy atom. The molecule has 0 aromatic heterocycles. The van der Waals surface area contributed by atoms with Crippen molar-refractivity contribution < 1.29 is 35.9 Å². The Labute approximate surface area is 107 Å². The average Bonchev–Trinajstić information content (AvgIpc) is 2.68. The summed E-state index contributed by atoms with van der Waals surface area (Å²) in [4.78, 5) is 13.8. The minimum atomic E-state index is -5.91. The lowest BCUT2D eigenvalue weighted by Crippen LogP contribution is -2.56. The van der Waals surface area contributed by atoms with Crippen LogP contribution in [0.15, 0.2) is 35.3 Å². The quantitative estimate of drug-likeness (QED) is 0.590. The van der Waals surface area contributed by atoms with E-state index in [-0.39, 0.29) is 5.56 Å². The van der Waals surface area contributed by atoms with Gasteiger partial charge in [-0.1, -0.05) is 30.3 Å². The molecule has 1 aromatic carbocycles. The molecule has 0 amide bonds. The largest absolute Gasteiger partial charge is 0.460 e. The Morgan fingerprint density at radius 1 is 0.950 bits per heavy atom. The van der Waals surface area contributed by atoms with Crippen molar-refractivity contribution in [3.63, 3.8) is 0 Å². The Hall–Kier alpha value is -2.06. The van der Waals surface area contributed by atoms with Crippen LogP contribution in [0, 0.1) is 0 Å². The lowest BCUT2D eigenvalue weighted by molar-refractivity contribution is -0.361. The van der Waals surface area contributed by atoms with Crippen LogP contribution in [0.3, 0.4) is 0 Å². The number of cyclic esters (lactones) is 1. The zero-order chi connectivity index (χ0) is 15.2. The number of hydrogen-bond donors (Lipinski definition) is 0. The van der Waals surface area contributed by atoms with E-state index in [1.54, 1.807) is 0 Å². The van der Waals surface area contributed by atoms with Crippen LogP contribution in [-0.2, 0) is 9.53 Å². The molecule has 0 bridgehead atoms. The fourth-order valence-electron chi connectivity index (χ4n) is 1.59. The first-order valence-corrected chi connectivity index (χ1v) is 5.10. The van der Waals surface area contributed by atoms with E-state index < -0.39 is 29.8 Å². The molecule has 2 rings (SSSR count). The van der Waals surface area contributed by atoms with E-state index in [1.807, 2.05) is 0 Å². The normalized spacial score (nSPS) is 18.7. The number of ether oxygens (including phenoxy) is 1. The first-order chi connectivity index (χ1) is 9.08. The number of carbonyl (C=O) groups excluding carboxylic acids is 1. The highest BCUT2D eigenvalue weighted by Crippen LogP contribution is 2.49. The van der Waals surface area contributed by atoms with Crippen LogP contribution in [0.5, 0.6) is 0 Å². The molecule has 0 saturated heterocycles. The molecule has 1 aliphatic rings. The van der Waals surface area contributed by atoms with Gasteiger partial charge >= 0.3 is 24.0 Å². The molecule has 108 valence electrons. The highest BCUT2D eigenvalue weighted by molar-refractivity contribution is 6.44. The minimum Gasteiger partial charge on any atom is -0.414 e. The molecule has 3 nitrogen and oxygen atoms in total. The first kappa shape index (κ1) is 14.4. The Kier molecular flexibility index (Phi) is 3.03. The summed E-state index contributed by atoms with van der Waals surface area (Å²) < 4.78 is 79.6. The smallest absolute Gasteiger partial charge is 0.414 e. The fourth-order valence-corrected chi connectivity index (χ4v) is 1.59. The van der Waals surface area contributed by atoms with Crippen LogP contribution in [0.25, 0.3) is 0 Å². The summed E-state index contributed by atoms with van der Waals surface area (Å²) in [6.07, 6.45) is -11.8. The maximum absolute atomic E-state index is 12.7. The lowest BCUT2D eigenvalue weighted by Gasteiger charge is -2.28. The lowest BCUT2D eigenvalue weighted by atomic mass is 10.1. The van der Waals surface area contributed by atoms with E-state index >= 15 is 0 Å². The van der Waals surface area contributed by atoms with Crippen molar-refractivity contribution in [2.75, 3.05) is 0 Å². The Morgan fingerprint density at radius 3 is 1.85 bits per heavy atom. The van der Waals surface area contributed by atoms with Gasteiger partial charge in [0.25, 0.3) is 0 Å². The summed E-state index contributed by atoms with van der Waals surface area (Å²) in [6, 6.07) is 6.47. The van der Waals surface area contributed by atoms with Crippen molar-refractivity contribution in [1.82, 2.24) is 0 Å². The number of alkyl halides is 6. The van der Waals surface area contributed by atoms with E-state index in [4.69, 9.17) is 0 Å². The highest BCUT2D eigenvalue weighted by atomic mass is 19.4. The van der Waals surface area contributed by atoms with Gasteiger partial charge < -0.3 is 4.74 Å². The van der Waals surface area contributed by atoms with Crippen molar-refractivity contribution >= 4 is 11.7 Å². The van der Waals surface area contributed by atoms with Gasteiger partial charge in [-0.3, -0.25) is 0 Å². The molecule has 0 unspecified atom stereocenters. The summed E-state index contributed by atoms with van der Waals surface area (Å²) in [6.45, 7) is 0. The zero-order valence-electron chi connectivity index (χ0n) is 9.42. The molecule has 0 fully saturated rings. The third-order valence-corrected chi connectivity index (χ3v) is 2.52. The average molecular weight is 297 g/mol. The van der Waals surface area contributed by atoms with Gasteiger partial charge in [0.05, 0.1) is 0 Å². The van der Waals surface area contributed by atoms with Gasteiger partial charge in [-0.15, -0.1) is 0 Å². The van der Waals surface area contributed by atoms with E-state index in [0.717, 1.165) is 12.1 Å². The van der Waals surface area contributed by atoms with Crippen LogP contribution in [0.2, 0.25) is 0 Å². The van der Waals surface area contributed by atoms with E-state index in [0.29, 0.717) is 0 Å². The van der Waals surface area contributed by atoms with Gasteiger partial charge in [-0.05, 0) is 0 Å². The number of esters is 1. The molecule has 0 saturated carbocycles. The molecule has 0 radical (unpaired) electrons. The Balaban J connectivity index is 2.60. The molecular weight excluding hydrogens is 292 g/mol. The molecule has 0 N–H and O–H groups in total. The van der Waals surface area contributed by atoms with Crippen molar-refractivity contribution in [2.24, 2.45) is 4.99 Å². The predicted molar refractivity (Wildman–Crippen MR) is 53.9 cm³/mol. The van der Waals surface area contributed by atoms with Crippen molar-refractivity contribution in [2.45, 2.75) is 18.1 Å². The van der Waals surface area contributed by atoms with Crippen LogP contribution in [-0.4, -0.2) is 29.8 Å². The van der Waals surface area contributed by atoms with Crippen molar-refractivity contribution in [3.8, 4) is 0 Å². The molecular formula is C11H5F6NO2. The molecule has 0 spiro atoms. The number of benzene rings is 1. The highest BCUT2D eigenvalue weighted by Gasteiger charge is 2.77. The summed E-state index contributed by atoms with van der Waals surface area (Å²) in [7, 11) is 0. The summed E-state index contributed by atoms with van der Waals surface area (Å²) >= 11 is 0. The number of hydrogen-bond acceptors (Lipinski definition) is 3. The minimum absolute atomic E-state index is 0.187. The second kappa shape index (κ2) is 4.22. The van der Waals surface area contributed by atoms with E-state index in [1.165, 1.54) is 18.2 Å². The van der Waals surface area contributed by atoms with E-state index in [2.05, 4.69) is 9.73 Å². The van der Waals surface area contributed by atoms with E-state index in [9.17, 15) is 31.1 Å². The standard InChI is InChI=1S/C11H5F6NO2/c12-10(13,14)9(11(15,16)17)18-7(8(19)20-9)6-4-2-1-3-5-6/h1-5H. The van der Waals surface area contributed by atoms with Crippen molar-refractivity contribution in [1.29, 1.82) is 0 Å². The van der Waals surface area contributed by atoms with Gasteiger partial charge in [-0.25, -0.2) is 9.79 Å². The number of rotatable bonds is 1. The number of carbonyl (C=O) groups is 1. The maximum atomic E-state index is 12.7. The maximum Gasteiger partial charge on any atom is 0.460 e. The van der Waals surface area contributed by atoms with Gasteiger partial charge in [0, 0.05) is 5.56 Å². The number of halogens is 6. The summed E-state index contributed by atoms with van der Waals surface area (Å²) in [5, 5.41) is 0. The number of nitrogens with zero attached hydrogens (tertiary/aromatic N) is 1. The second-order valence-corrected chi connectivity index (χ2v) is 3.86. The van der Waals surface area contributed by atoms with Crippen LogP contribution >= 0.6 is 0 Å². The van der Waals surface area contributed by atoms with Gasteiger partial charge in [0.15, 0.2) is 5.71 Å². The van der Waals surface area contributed by atoms with Crippen LogP contribution < -0.4 is 0 Å². The fraction of sp³-hybridized carbons (Fsp3) is 0.273. The third-order valence-electron chi connectivity index (χ3n) is 2.52. The molecule has 1 aliphatic heterocycles. The SMILES string of the molecule is O=C1OC(C(F)(F)F)(C(F)(F)F)N=C1c1ccccc1. The van der Waals surface area contributed by atoms with Gasteiger partial charge in [0.1, 0.15) is 0 Å². The molecule has 20 heavy (non-hydrogen) atoms.